The maximum Gasteiger partial charge on any atom is 0.319 e. The van der Waals surface area contributed by atoms with Gasteiger partial charge in [0.1, 0.15) is 0 Å². The van der Waals surface area contributed by atoms with E-state index >= 15 is 0 Å². The van der Waals surface area contributed by atoms with Crippen molar-refractivity contribution >= 4 is 23.3 Å². The van der Waals surface area contributed by atoms with E-state index in [1.807, 2.05) is 0 Å². The summed E-state index contributed by atoms with van der Waals surface area (Å²) in [4.78, 5) is 11.6. The average Bonchev–Trinajstić information content (AvgIpc) is 3.20. The molecule has 4 nitrogen and oxygen atoms in total. The van der Waals surface area contributed by atoms with Crippen molar-refractivity contribution in [2.24, 2.45) is 5.92 Å². The van der Waals surface area contributed by atoms with Crippen LogP contribution in [0.1, 0.15) is 19.3 Å². The third-order valence-electron chi connectivity index (χ3n) is 2.90. The number of nitrogens with one attached hydrogen (secondary N) is 2. The fourth-order valence-corrected chi connectivity index (χ4v) is 1.75. The third-order valence-corrected chi connectivity index (χ3v) is 3.16. The van der Waals surface area contributed by atoms with Gasteiger partial charge in [-0.05, 0) is 49.4 Å². The first-order valence-corrected chi connectivity index (χ1v) is 7.00. The molecule has 0 bridgehead atoms. The molecule has 104 valence electrons. The summed E-state index contributed by atoms with van der Waals surface area (Å²) in [5.41, 5.74) is 0.729. The summed E-state index contributed by atoms with van der Waals surface area (Å²) >= 11 is 5.76. The lowest BCUT2D eigenvalue weighted by atomic mass is 10.3. The smallest absolute Gasteiger partial charge is 0.319 e. The van der Waals surface area contributed by atoms with E-state index in [2.05, 4.69) is 10.6 Å². The summed E-state index contributed by atoms with van der Waals surface area (Å²) in [6.07, 6.45) is 3.45. The maximum absolute atomic E-state index is 11.6. The van der Waals surface area contributed by atoms with Gasteiger partial charge in [0.15, 0.2) is 0 Å². The molecule has 0 heterocycles. The fraction of sp³-hybridized carbons (Fsp3) is 0.500. The van der Waals surface area contributed by atoms with E-state index in [1.54, 1.807) is 24.3 Å². The molecule has 1 fully saturated rings. The summed E-state index contributed by atoms with van der Waals surface area (Å²) in [5.74, 6) is 0.793. The number of carbonyl (C=O) groups is 1. The zero-order valence-electron chi connectivity index (χ0n) is 10.8. The number of hydrogen-bond donors (Lipinski definition) is 2. The van der Waals surface area contributed by atoms with Crippen molar-refractivity contribution < 1.29 is 9.53 Å². The van der Waals surface area contributed by atoms with Crippen LogP contribution in [-0.4, -0.2) is 25.8 Å². The molecule has 1 aromatic rings. The Morgan fingerprint density at radius 1 is 1.32 bits per heavy atom. The molecule has 1 aliphatic rings. The van der Waals surface area contributed by atoms with Crippen LogP contribution in [0.3, 0.4) is 0 Å². The largest absolute Gasteiger partial charge is 0.381 e. The van der Waals surface area contributed by atoms with Gasteiger partial charge in [-0.15, -0.1) is 0 Å². The van der Waals surface area contributed by atoms with Crippen molar-refractivity contribution in [3.8, 4) is 0 Å². The number of amides is 2. The van der Waals surface area contributed by atoms with Crippen LogP contribution in [0.5, 0.6) is 0 Å². The number of ether oxygens (including phenoxy) is 1. The molecule has 0 saturated heterocycles. The molecule has 19 heavy (non-hydrogen) atoms. The van der Waals surface area contributed by atoms with Crippen molar-refractivity contribution in [2.75, 3.05) is 25.1 Å². The summed E-state index contributed by atoms with van der Waals surface area (Å²) < 4.78 is 5.48. The van der Waals surface area contributed by atoms with Gasteiger partial charge in [0.2, 0.25) is 0 Å². The number of hydrogen-bond acceptors (Lipinski definition) is 2. The molecule has 0 unspecified atom stereocenters. The van der Waals surface area contributed by atoms with Crippen LogP contribution in [0.15, 0.2) is 24.3 Å². The van der Waals surface area contributed by atoms with Gasteiger partial charge >= 0.3 is 6.03 Å². The minimum atomic E-state index is -0.204. The molecular weight excluding hydrogens is 264 g/mol. The van der Waals surface area contributed by atoms with Gasteiger partial charge in [-0.3, -0.25) is 0 Å². The molecule has 1 aliphatic carbocycles. The molecule has 0 aliphatic heterocycles. The van der Waals surface area contributed by atoms with Crippen molar-refractivity contribution in [1.82, 2.24) is 5.32 Å². The van der Waals surface area contributed by atoms with Gasteiger partial charge in [-0.1, -0.05) is 11.6 Å². The highest BCUT2D eigenvalue weighted by atomic mass is 35.5. The van der Waals surface area contributed by atoms with Gasteiger partial charge < -0.3 is 15.4 Å². The van der Waals surface area contributed by atoms with Crippen LogP contribution < -0.4 is 10.6 Å². The Labute approximate surface area is 118 Å². The number of rotatable bonds is 7. The molecule has 2 rings (SSSR count). The fourth-order valence-electron chi connectivity index (χ4n) is 1.62. The second-order valence-corrected chi connectivity index (χ2v) is 5.20. The molecule has 0 aromatic heterocycles. The van der Waals surface area contributed by atoms with E-state index in [-0.39, 0.29) is 6.03 Å². The first-order chi connectivity index (χ1) is 9.24. The molecule has 0 spiro atoms. The molecule has 2 amide bonds. The van der Waals surface area contributed by atoms with Crippen LogP contribution in [0.2, 0.25) is 5.02 Å². The van der Waals surface area contributed by atoms with E-state index in [0.29, 0.717) is 18.2 Å². The quantitative estimate of drug-likeness (QED) is 0.754. The second kappa shape index (κ2) is 7.36. The van der Waals surface area contributed by atoms with E-state index in [4.69, 9.17) is 16.3 Å². The number of halogens is 1. The van der Waals surface area contributed by atoms with Crippen LogP contribution in [0.25, 0.3) is 0 Å². The summed E-state index contributed by atoms with van der Waals surface area (Å²) in [6, 6.07) is 6.80. The normalized spacial score (nSPS) is 14.2. The van der Waals surface area contributed by atoms with Crippen molar-refractivity contribution in [2.45, 2.75) is 19.3 Å². The van der Waals surface area contributed by atoms with Crippen LogP contribution in [0, 0.1) is 5.92 Å². The predicted molar refractivity (Wildman–Crippen MR) is 76.6 cm³/mol. The Balaban J connectivity index is 1.52. The van der Waals surface area contributed by atoms with Gasteiger partial charge in [0.05, 0.1) is 0 Å². The van der Waals surface area contributed by atoms with E-state index < -0.39 is 0 Å². The molecule has 5 heteroatoms. The van der Waals surface area contributed by atoms with Crippen LogP contribution in [0.4, 0.5) is 10.5 Å². The molecular formula is C14H19ClN2O2. The number of urea groups is 1. The summed E-state index contributed by atoms with van der Waals surface area (Å²) in [5, 5.41) is 6.18. The molecule has 1 saturated carbocycles. The maximum atomic E-state index is 11.6. The zero-order valence-corrected chi connectivity index (χ0v) is 11.6. The Bertz CT molecular complexity index is 404. The lowest BCUT2D eigenvalue weighted by Gasteiger charge is -2.08. The van der Waals surface area contributed by atoms with E-state index in [1.165, 1.54) is 12.8 Å². The Morgan fingerprint density at radius 3 is 2.74 bits per heavy atom. The van der Waals surface area contributed by atoms with Crippen molar-refractivity contribution in [1.29, 1.82) is 0 Å². The number of carbonyl (C=O) groups excluding carboxylic acids is 1. The topological polar surface area (TPSA) is 50.4 Å². The van der Waals surface area contributed by atoms with Gasteiger partial charge in [0.25, 0.3) is 0 Å². The second-order valence-electron chi connectivity index (χ2n) is 4.76. The highest BCUT2D eigenvalue weighted by Gasteiger charge is 2.20. The highest BCUT2D eigenvalue weighted by molar-refractivity contribution is 6.30. The van der Waals surface area contributed by atoms with Crippen LogP contribution >= 0.6 is 11.6 Å². The Hall–Kier alpha value is -1.26. The summed E-state index contributed by atoms with van der Waals surface area (Å²) in [6.45, 7) is 2.19. The van der Waals surface area contributed by atoms with Gasteiger partial charge in [-0.25, -0.2) is 4.79 Å². The predicted octanol–water partition coefficient (Wildman–Crippen LogP) is 3.28. The SMILES string of the molecule is O=C(NCCCOCC1CC1)Nc1ccc(Cl)cc1. The van der Waals surface area contributed by atoms with Crippen molar-refractivity contribution in [3.63, 3.8) is 0 Å². The third kappa shape index (κ3) is 5.94. The number of anilines is 1. The highest BCUT2D eigenvalue weighted by Crippen LogP contribution is 2.28. The Morgan fingerprint density at radius 2 is 2.05 bits per heavy atom. The van der Waals surface area contributed by atoms with Crippen molar-refractivity contribution in [3.05, 3.63) is 29.3 Å². The lowest BCUT2D eigenvalue weighted by Crippen LogP contribution is -2.30. The average molecular weight is 283 g/mol. The first-order valence-electron chi connectivity index (χ1n) is 6.62. The summed E-state index contributed by atoms with van der Waals surface area (Å²) in [7, 11) is 0. The van der Waals surface area contributed by atoms with Gasteiger partial charge in [-0.2, -0.15) is 0 Å². The zero-order chi connectivity index (χ0) is 13.5. The minimum Gasteiger partial charge on any atom is -0.381 e. The van der Waals surface area contributed by atoms with Crippen LogP contribution in [-0.2, 0) is 4.74 Å². The molecule has 2 N–H and O–H groups in total. The molecule has 0 atom stereocenters. The monoisotopic (exact) mass is 282 g/mol. The van der Waals surface area contributed by atoms with E-state index in [0.717, 1.165) is 24.6 Å². The first kappa shape index (κ1) is 14.2. The Kier molecular flexibility index (Phi) is 5.48. The molecule has 0 radical (unpaired) electrons. The minimum absolute atomic E-state index is 0.204. The van der Waals surface area contributed by atoms with Gasteiger partial charge in [0, 0.05) is 30.5 Å². The van der Waals surface area contributed by atoms with E-state index in [9.17, 15) is 4.79 Å². The molecule has 1 aromatic carbocycles. The number of benzene rings is 1. The standard InChI is InChI=1S/C14H19ClN2O2/c15-12-4-6-13(7-5-12)17-14(18)16-8-1-9-19-10-11-2-3-11/h4-7,11H,1-3,8-10H2,(H2,16,17,18). The lowest BCUT2D eigenvalue weighted by molar-refractivity contribution is 0.122.